The van der Waals surface area contributed by atoms with Gasteiger partial charge in [0.15, 0.2) is 0 Å². The van der Waals surface area contributed by atoms with Crippen LogP contribution in [-0.2, 0) is 36.6 Å². The van der Waals surface area contributed by atoms with Crippen LogP contribution in [0.2, 0.25) is 13.1 Å². The summed E-state index contributed by atoms with van der Waals surface area (Å²) in [6, 6.07) is 17.3. The van der Waals surface area contributed by atoms with Crippen LogP contribution >= 0.6 is 0 Å². The Morgan fingerprint density at radius 3 is 1.82 bits per heavy atom. The first-order chi connectivity index (χ1) is 25.6. The summed E-state index contributed by atoms with van der Waals surface area (Å²) in [6.45, 7) is 36.0. The van der Waals surface area contributed by atoms with Crippen LogP contribution < -0.4 is 29.6 Å². The monoisotopic (exact) mass is 894 g/mol. The maximum absolute atomic E-state index is 6.57. The molecule has 0 radical (unpaired) electrons. The van der Waals surface area contributed by atoms with Gasteiger partial charge in [-0.3, -0.25) is 0 Å². The Balaban J connectivity index is 0.00000310. The van der Waals surface area contributed by atoms with Gasteiger partial charge in [-0.2, -0.15) is 0 Å². The van der Waals surface area contributed by atoms with E-state index in [0.717, 1.165) is 5.75 Å². The molecule has 0 saturated carbocycles. The maximum Gasteiger partial charge on any atom is -1.00 e. The molecule has 57 heavy (non-hydrogen) atoms. The second kappa shape index (κ2) is 16.4. The molecule has 7 rings (SSSR count). The van der Waals surface area contributed by atoms with E-state index in [2.05, 4.69) is 164 Å². The molecule has 0 bridgehead atoms. The summed E-state index contributed by atoms with van der Waals surface area (Å²) in [6.07, 6.45) is 11.7. The maximum atomic E-state index is 6.57. The number of aryl methyl sites for hydroxylation is 2. The quantitative estimate of drug-likeness (QED) is 0.234. The largest absolute Gasteiger partial charge is 1.00 e. The summed E-state index contributed by atoms with van der Waals surface area (Å²) in [4.78, 5) is 0. The van der Waals surface area contributed by atoms with E-state index in [1.807, 2.05) is 10.4 Å². The molecule has 0 amide bonds. The molecule has 0 heterocycles. The van der Waals surface area contributed by atoms with Crippen molar-refractivity contribution in [2.45, 2.75) is 148 Å². The minimum atomic E-state index is -2.44. The van der Waals surface area contributed by atoms with Gasteiger partial charge in [-0.05, 0) is 0 Å². The van der Waals surface area contributed by atoms with Gasteiger partial charge in [0.05, 0.1) is 0 Å². The third kappa shape index (κ3) is 8.32. The Morgan fingerprint density at radius 2 is 1.30 bits per heavy atom. The van der Waals surface area contributed by atoms with E-state index >= 15 is 0 Å². The normalized spacial score (nSPS) is 18.8. The second-order valence-corrected chi connectivity index (χ2v) is 37.8. The van der Waals surface area contributed by atoms with E-state index in [4.69, 9.17) is 4.74 Å². The molecule has 0 fully saturated rings. The molecule has 0 N–H and O–H groups in total. The fourth-order valence-electron chi connectivity index (χ4n) is 10.1. The van der Waals surface area contributed by atoms with Gasteiger partial charge in [0.2, 0.25) is 0 Å². The zero-order valence-electron chi connectivity index (χ0n) is 37.7. The predicted octanol–water partition coefficient (Wildman–Crippen LogP) is 8.63. The molecule has 5 heteroatoms. The Labute approximate surface area is 366 Å². The molecule has 0 spiro atoms. The fourth-order valence-corrected chi connectivity index (χ4v) is 29.2. The predicted molar refractivity (Wildman–Crippen MR) is 237 cm³/mol. The van der Waals surface area contributed by atoms with Crippen LogP contribution in [0.4, 0.5) is 0 Å². The van der Waals surface area contributed by atoms with Crippen molar-refractivity contribution < 1.29 is 49.9 Å². The number of fused-ring (bicyclic) bond motifs is 2. The van der Waals surface area contributed by atoms with Gasteiger partial charge in [0.25, 0.3) is 0 Å². The van der Waals surface area contributed by atoms with Gasteiger partial charge in [-0.1, -0.05) is 0 Å². The first-order valence-electron chi connectivity index (χ1n) is 20.8. The van der Waals surface area contributed by atoms with Crippen LogP contribution in [-0.4, -0.2) is 12.5 Å². The Hall–Kier alpha value is -2.16. The molecule has 302 valence electrons. The smallest absolute Gasteiger partial charge is 1.00 e. The van der Waals surface area contributed by atoms with Crippen molar-refractivity contribution in [2.75, 3.05) is 7.11 Å². The van der Waals surface area contributed by atoms with Crippen molar-refractivity contribution in [3.05, 3.63) is 136 Å². The molecule has 2 atom stereocenters. The summed E-state index contributed by atoms with van der Waals surface area (Å²) in [5, 5.41) is 0. The number of ether oxygens (including phenoxy) is 1. The number of methoxy groups -OCH3 is 1. The molecule has 1 nitrogen and oxygen atoms in total. The van der Waals surface area contributed by atoms with E-state index in [9.17, 15) is 0 Å². The van der Waals surface area contributed by atoms with Crippen LogP contribution in [0, 0.1) is 13.8 Å². The van der Waals surface area contributed by atoms with Gasteiger partial charge in [-0.25, -0.2) is 0 Å². The van der Waals surface area contributed by atoms with Crippen LogP contribution in [0.25, 0.3) is 17.2 Å². The van der Waals surface area contributed by atoms with E-state index in [-0.39, 0.29) is 41.1 Å². The van der Waals surface area contributed by atoms with Gasteiger partial charge in [-0.15, -0.1) is 0 Å². The average Bonchev–Trinajstić information content (AvgIpc) is 3.75. The first-order valence-corrected chi connectivity index (χ1v) is 29.7. The summed E-state index contributed by atoms with van der Waals surface area (Å²) >= 11 is -2.44. The molecule has 0 saturated heterocycles. The molecule has 4 aliphatic carbocycles. The van der Waals surface area contributed by atoms with Crippen LogP contribution in [0.3, 0.4) is 0 Å². The van der Waals surface area contributed by atoms with Crippen molar-refractivity contribution in [2.24, 2.45) is 0 Å². The zero-order chi connectivity index (χ0) is 40.1. The Kier molecular flexibility index (Phi) is 13.2. The fraction of sp³-hybridized carbons (Fsp3) is 0.462. The summed E-state index contributed by atoms with van der Waals surface area (Å²) in [5.74, 6) is 1.44. The van der Waals surface area contributed by atoms with Crippen molar-refractivity contribution in [3.63, 3.8) is 0 Å². The summed E-state index contributed by atoms with van der Waals surface area (Å²) < 4.78 is 8.90. The van der Waals surface area contributed by atoms with E-state index in [0.29, 0.717) is 9.54 Å². The number of hydrogen-bond acceptors (Lipinski definition) is 1. The summed E-state index contributed by atoms with van der Waals surface area (Å²) in [7, 11) is 1.90. The van der Waals surface area contributed by atoms with Crippen molar-refractivity contribution >= 4 is 11.5 Å². The van der Waals surface area contributed by atoms with Gasteiger partial charge in [0, 0.05) is 0 Å². The minimum absolute atomic E-state index is 0. The Bertz CT molecular complexity index is 2290. The van der Waals surface area contributed by atoms with E-state index < -0.39 is 25.8 Å². The molecule has 0 aliphatic heterocycles. The van der Waals surface area contributed by atoms with Crippen LogP contribution in [0.5, 0.6) is 5.75 Å². The van der Waals surface area contributed by atoms with Crippen molar-refractivity contribution in [3.8, 4) is 16.9 Å². The molecule has 2 unspecified atom stereocenters. The topological polar surface area (TPSA) is 9.23 Å². The first kappa shape index (κ1) is 45.9. The average molecular weight is 897 g/mol. The standard InChI is InChI=1S/C29H39O.C21H21.C2H6Si.2ClH.Zr/c1-18-12-19-16-24(29(8,9)10)26(30-11)25(23(19)13-18)20-14-21(27(2,3)4)17-22(15-20)28(5,6)7;1-13-7-14(2)10-18(9-13)21-19-6-4-5-16(19)12-17-8-15(3)11-20(17)21;1-3-2;;;/h12-17H,1-11H3;7,9-12,21H,4-6H2,1-3H3;1-2H3;2*1H;/q;;;;;+2/p-2. The molecular formula is C52H66Cl2OSiZr. The molecular weight excluding hydrogens is 831 g/mol. The number of hydrogen-bond donors (Lipinski definition) is 0. The van der Waals surface area contributed by atoms with Crippen LogP contribution in [0.15, 0.2) is 91.3 Å². The van der Waals surface area contributed by atoms with Crippen LogP contribution in [0.1, 0.15) is 149 Å². The third-order valence-electron chi connectivity index (χ3n) is 12.8. The third-order valence-corrected chi connectivity index (χ3v) is 31.2. The molecule has 3 aromatic carbocycles. The number of rotatable bonds is 5. The molecule has 3 aromatic rings. The SMILES string of the molecule is COc1c(C(C)(C)C)cc2c(c1-c1cc(C(C)(C)C)cc(C(C)(C)C)c1)C=C(C)[CH]2[Zr+2]([C]1=C(C)C=C2C1=CC1=C(CCC1)C2c1cc(C)cc(C)c1)=[Si](C)C.[Cl-].[Cl-]. The van der Waals surface area contributed by atoms with Crippen molar-refractivity contribution in [1.82, 2.24) is 0 Å². The second-order valence-electron chi connectivity index (χ2n) is 20.6. The van der Waals surface area contributed by atoms with Gasteiger partial charge < -0.3 is 24.8 Å². The molecule has 0 aromatic heterocycles. The Morgan fingerprint density at radius 1 is 0.702 bits per heavy atom. The summed E-state index contributed by atoms with van der Waals surface area (Å²) in [5.41, 5.74) is 23.0. The van der Waals surface area contributed by atoms with Crippen molar-refractivity contribution in [1.29, 1.82) is 0 Å². The van der Waals surface area contributed by atoms with Gasteiger partial charge >= 0.3 is 345 Å². The zero-order valence-corrected chi connectivity index (χ0v) is 42.7. The number of allylic oxidation sites excluding steroid dienone is 9. The minimum Gasteiger partial charge on any atom is -1.00 e. The van der Waals surface area contributed by atoms with E-state index in [1.165, 1.54) is 69.3 Å². The number of halogens is 2. The van der Waals surface area contributed by atoms with Gasteiger partial charge in [0.1, 0.15) is 0 Å². The molecule has 4 aliphatic rings. The van der Waals surface area contributed by atoms with E-state index in [1.54, 1.807) is 39.0 Å². The number of benzene rings is 3.